The highest BCUT2D eigenvalue weighted by atomic mass is 32.2. The highest BCUT2D eigenvalue weighted by Gasteiger charge is 2.09. The van der Waals surface area contributed by atoms with Crippen LogP contribution in [0.2, 0.25) is 0 Å². The minimum Gasteiger partial charge on any atom is -0.460 e. The van der Waals surface area contributed by atoms with Crippen molar-refractivity contribution in [1.29, 1.82) is 0 Å². The summed E-state index contributed by atoms with van der Waals surface area (Å²) < 4.78 is 5.22. The summed E-state index contributed by atoms with van der Waals surface area (Å²) in [6.07, 6.45) is 0. The molecule has 0 atom stereocenters. The first-order chi connectivity index (χ1) is 12.2. The first kappa shape index (κ1) is 17.0. The molecule has 0 aliphatic heterocycles. The smallest absolute Gasteiger partial charge is 0.316 e. The lowest BCUT2D eigenvalue weighted by Crippen LogP contribution is -2.11. The molecular formula is C19H16N2O3S. The molecule has 2 aromatic carbocycles. The molecule has 1 N–H and O–H groups in total. The molecule has 6 heteroatoms. The van der Waals surface area contributed by atoms with Crippen LogP contribution in [-0.2, 0) is 16.1 Å². The average molecular weight is 352 g/mol. The van der Waals surface area contributed by atoms with Gasteiger partial charge >= 0.3 is 5.97 Å². The Morgan fingerprint density at radius 2 is 1.72 bits per heavy atom. The third-order valence-corrected chi connectivity index (χ3v) is 4.21. The Morgan fingerprint density at radius 3 is 2.44 bits per heavy atom. The molecule has 5 nitrogen and oxygen atoms in total. The number of aromatic amines is 1. The van der Waals surface area contributed by atoms with E-state index in [0.29, 0.717) is 10.9 Å². The van der Waals surface area contributed by atoms with Crippen LogP contribution in [0.25, 0.3) is 11.3 Å². The van der Waals surface area contributed by atoms with E-state index in [2.05, 4.69) is 9.97 Å². The van der Waals surface area contributed by atoms with Crippen molar-refractivity contribution < 1.29 is 9.53 Å². The van der Waals surface area contributed by atoms with Gasteiger partial charge in [0.1, 0.15) is 6.61 Å². The van der Waals surface area contributed by atoms with Crippen molar-refractivity contribution in [3.05, 3.63) is 82.6 Å². The second-order valence-electron chi connectivity index (χ2n) is 5.24. The van der Waals surface area contributed by atoms with Crippen molar-refractivity contribution in [1.82, 2.24) is 9.97 Å². The van der Waals surface area contributed by atoms with E-state index in [1.807, 2.05) is 60.7 Å². The molecule has 0 aliphatic rings. The maximum Gasteiger partial charge on any atom is 0.316 e. The minimum absolute atomic E-state index is 0.0774. The number of rotatable bonds is 6. The van der Waals surface area contributed by atoms with Gasteiger partial charge in [-0.3, -0.25) is 9.59 Å². The van der Waals surface area contributed by atoms with Gasteiger partial charge in [0.05, 0.1) is 11.4 Å². The lowest BCUT2D eigenvalue weighted by atomic mass is 10.1. The number of nitrogens with zero attached hydrogens (tertiary/aromatic N) is 1. The van der Waals surface area contributed by atoms with E-state index >= 15 is 0 Å². The summed E-state index contributed by atoms with van der Waals surface area (Å²) in [7, 11) is 0. The molecule has 1 aromatic heterocycles. The third kappa shape index (κ3) is 5.06. The van der Waals surface area contributed by atoms with Gasteiger partial charge in [0.2, 0.25) is 0 Å². The summed E-state index contributed by atoms with van der Waals surface area (Å²) in [5, 5.41) is 0.392. The lowest BCUT2D eigenvalue weighted by molar-refractivity contribution is -0.141. The van der Waals surface area contributed by atoms with Gasteiger partial charge in [0.25, 0.3) is 5.56 Å². The highest BCUT2D eigenvalue weighted by Crippen LogP contribution is 2.18. The summed E-state index contributed by atoms with van der Waals surface area (Å²) in [6.45, 7) is 0.230. The van der Waals surface area contributed by atoms with Crippen LogP contribution in [0.15, 0.2) is 76.7 Å². The molecule has 0 bridgehead atoms. The summed E-state index contributed by atoms with van der Waals surface area (Å²) in [5.41, 5.74) is 2.10. The number of hydrogen-bond acceptors (Lipinski definition) is 5. The number of H-pyrrole nitrogens is 1. The van der Waals surface area contributed by atoms with Crippen LogP contribution in [0, 0.1) is 0 Å². The van der Waals surface area contributed by atoms with E-state index < -0.39 is 0 Å². The number of ether oxygens (including phenoxy) is 1. The van der Waals surface area contributed by atoms with Gasteiger partial charge in [-0.2, -0.15) is 0 Å². The first-order valence-corrected chi connectivity index (χ1v) is 8.68. The van der Waals surface area contributed by atoms with Crippen LogP contribution < -0.4 is 5.56 Å². The maximum absolute atomic E-state index is 11.9. The molecule has 0 radical (unpaired) electrons. The van der Waals surface area contributed by atoms with Crippen molar-refractivity contribution in [3.63, 3.8) is 0 Å². The summed E-state index contributed by atoms with van der Waals surface area (Å²) >= 11 is 1.15. The van der Waals surface area contributed by atoms with E-state index in [-0.39, 0.29) is 23.9 Å². The number of benzene rings is 2. The molecule has 0 spiro atoms. The highest BCUT2D eigenvalue weighted by molar-refractivity contribution is 7.99. The zero-order valence-corrected chi connectivity index (χ0v) is 14.2. The molecule has 3 aromatic rings. The number of hydrogen-bond donors (Lipinski definition) is 1. The monoisotopic (exact) mass is 352 g/mol. The molecule has 0 saturated carbocycles. The second-order valence-corrected chi connectivity index (χ2v) is 6.20. The first-order valence-electron chi connectivity index (χ1n) is 7.70. The van der Waals surface area contributed by atoms with Gasteiger partial charge in [0, 0.05) is 11.6 Å². The topological polar surface area (TPSA) is 72.0 Å². The predicted molar refractivity (Wildman–Crippen MR) is 97.3 cm³/mol. The third-order valence-electron chi connectivity index (χ3n) is 3.36. The van der Waals surface area contributed by atoms with Gasteiger partial charge in [-0.05, 0) is 5.56 Å². The minimum atomic E-state index is -0.360. The SMILES string of the molecule is O=C(CSc1nc(-c2ccccc2)cc(=O)[nH]1)OCc1ccccc1. The Balaban J connectivity index is 1.60. The van der Waals surface area contributed by atoms with Crippen molar-refractivity contribution in [2.45, 2.75) is 11.8 Å². The van der Waals surface area contributed by atoms with Gasteiger partial charge in [-0.1, -0.05) is 72.4 Å². The molecule has 0 amide bonds. The van der Waals surface area contributed by atoms with E-state index in [4.69, 9.17) is 4.74 Å². The van der Waals surface area contributed by atoms with E-state index in [0.717, 1.165) is 22.9 Å². The number of nitrogens with one attached hydrogen (secondary N) is 1. The lowest BCUT2D eigenvalue weighted by Gasteiger charge is -2.06. The van der Waals surface area contributed by atoms with Crippen molar-refractivity contribution in [2.75, 3.05) is 5.75 Å². The van der Waals surface area contributed by atoms with Crippen LogP contribution in [-0.4, -0.2) is 21.7 Å². The summed E-state index contributed by atoms with van der Waals surface area (Å²) in [5.74, 6) is -0.282. The van der Waals surface area contributed by atoms with Gasteiger partial charge in [-0.15, -0.1) is 0 Å². The zero-order chi connectivity index (χ0) is 17.5. The number of thioether (sulfide) groups is 1. The molecule has 3 rings (SSSR count). The van der Waals surface area contributed by atoms with Gasteiger partial charge in [0.15, 0.2) is 5.16 Å². The molecule has 0 fully saturated rings. The molecule has 1 heterocycles. The fourth-order valence-corrected chi connectivity index (χ4v) is 2.84. The molecule has 25 heavy (non-hydrogen) atoms. The van der Waals surface area contributed by atoms with Crippen molar-refractivity contribution >= 4 is 17.7 Å². The Hall–Kier alpha value is -2.86. The Morgan fingerprint density at radius 1 is 1.04 bits per heavy atom. The average Bonchev–Trinajstić information content (AvgIpc) is 2.66. The number of esters is 1. The quantitative estimate of drug-likeness (QED) is 0.419. The van der Waals surface area contributed by atoms with E-state index in [1.54, 1.807) is 0 Å². The fraction of sp³-hybridized carbons (Fsp3) is 0.105. The van der Waals surface area contributed by atoms with Gasteiger partial charge in [-0.25, -0.2) is 4.98 Å². The van der Waals surface area contributed by atoms with Crippen molar-refractivity contribution in [3.8, 4) is 11.3 Å². The van der Waals surface area contributed by atoms with Gasteiger partial charge < -0.3 is 9.72 Å². The van der Waals surface area contributed by atoms with Crippen LogP contribution in [0.5, 0.6) is 0 Å². The largest absolute Gasteiger partial charge is 0.460 e. The summed E-state index contributed by atoms with van der Waals surface area (Å²) in [4.78, 5) is 30.7. The summed E-state index contributed by atoms with van der Waals surface area (Å²) in [6, 6.07) is 20.3. The fourth-order valence-electron chi connectivity index (χ4n) is 2.17. The Kier molecular flexibility index (Phi) is 5.64. The normalized spacial score (nSPS) is 10.4. The zero-order valence-electron chi connectivity index (χ0n) is 13.3. The molecular weight excluding hydrogens is 336 g/mol. The van der Waals surface area contributed by atoms with Crippen molar-refractivity contribution in [2.24, 2.45) is 0 Å². The molecule has 0 unspecified atom stereocenters. The van der Waals surface area contributed by atoms with Crippen LogP contribution >= 0.6 is 11.8 Å². The van der Waals surface area contributed by atoms with E-state index in [1.165, 1.54) is 6.07 Å². The van der Waals surface area contributed by atoms with Crippen LogP contribution in [0.4, 0.5) is 0 Å². The Labute approximate surface area is 149 Å². The second kappa shape index (κ2) is 8.30. The number of aromatic nitrogens is 2. The molecule has 0 aliphatic carbocycles. The standard InChI is InChI=1S/C19H16N2O3S/c22-17-11-16(15-9-5-2-6-10-15)20-19(21-17)25-13-18(23)24-12-14-7-3-1-4-8-14/h1-11H,12-13H2,(H,20,21,22). The molecule has 126 valence electrons. The predicted octanol–water partition coefficient (Wildman–Crippen LogP) is 3.27. The Bertz CT molecular complexity index is 895. The van der Waals surface area contributed by atoms with Crippen LogP contribution in [0.3, 0.4) is 0 Å². The molecule has 0 saturated heterocycles. The number of carbonyl (C=O) groups excluding carboxylic acids is 1. The van der Waals surface area contributed by atoms with Crippen LogP contribution in [0.1, 0.15) is 5.56 Å². The van der Waals surface area contributed by atoms with E-state index in [9.17, 15) is 9.59 Å². The number of carbonyl (C=O) groups is 1. The maximum atomic E-state index is 11.9.